The number of carbonyl (C=O) groups is 2. The number of esters is 2. The van der Waals surface area contributed by atoms with Crippen molar-refractivity contribution in [2.45, 2.75) is 90.3 Å². The molecule has 1 aliphatic heterocycles. The molecular formula is C24H36O6. The molecule has 2 atom stereocenters. The minimum Gasteiger partial charge on any atom is -0.470 e. The minimum absolute atomic E-state index is 0.309. The van der Waals surface area contributed by atoms with Gasteiger partial charge in [-0.25, -0.2) is 9.59 Å². The first-order valence-electron chi connectivity index (χ1n) is 11.4. The molecule has 1 aromatic carbocycles. The Morgan fingerprint density at radius 3 is 1.50 bits per heavy atom. The van der Waals surface area contributed by atoms with Crippen LogP contribution in [0.3, 0.4) is 0 Å². The molecule has 30 heavy (non-hydrogen) atoms. The average Bonchev–Trinajstić information content (AvgIpc) is 2.77. The monoisotopic (exact) mass is 420 g/mol. The number of benzene rings is 1. The van der Waals surface area contributed by atoms with Crippen LogP contribution in [0.15, 0.2) is 24.3 Å². The molecule has 0 N–H and O–H groups in total. The zero-order valence-corrected chi connectivity index (χ0v) is 18.4. The van der Waals surface area contributed by atoms with E-state index >= 15 is 0 Å². The van der Waals surface area contributed by atoms with Crippen molar-refractivity contribution in [2.75, 3.05) is 13.2 Å². The maximum Gasteiger partial charge on any atom is 0.351 e. The quantitative estimate of drug-likeness (QED) is 0.303. The van der Waals surface area contributed by atoms with E-state index in [-0.39, 0.29) is 0 Å². The molecule has 1 aromatic rings. The maximum absolute atomic E-state index is 12.6. The normalized spacial score (nSPS) is 17.4. The van der Waals surface area contributed by atoms with Crippen molar-refractivity contribution in [3.63, 3.8) is 0 Å². The Morgan fingerprint density at radius 2 is 1.10 bits per heavy atom. The Balaban J connectivity index is 1.89. The lowest BCUT2D eigenvalue weighted by atomic mass is 10.1. The lowest BCUT2D eigenvalue weighted by Crippen LogP contribution is -2.51. The van der Waals surface area contributed by atoms with E-state index in [9.17, 15) is 9.59 Å². The minimum atomic E-state index is -1.16. The Kier molecular flexibility index (Phi) is 11.1. The van der Waals surface area contributed by atoms with Crippen LogP contribution in [0.25, 0.3) is 0 Å². The van der Waals surface area contributed by atoms with Gasteiger partial charge in [0.1, 0.15) is 0 Å². The summed E-state index contributed by atoms with van der Waals surface area (Å²) in [4.78, 5) is 25.2. The zero-order chi connectivity index (χ0) is 21.6. The molecule has 168 valence electrons. The lowest BCUT2D eigenvalue weighted by Gasteiger charge is -2.31. The van der Waals surface area contributed by atoms with Crippen LogP contribution in [0, 0.1) is 0 Å². The molecule has 0 radical (unpaired) electrons. The molecule has 0 saturated carbocycles. The predicted molar refractivity (Wildman–Crippen MR) is 115 cm³/mol. The number of para-hydroxylation sites is 2. The Morgan fingerprint density at radius 1 is 0.700 bits per heavy atom. The van der Waals surface area contributed by atoms with Crippen LogP contribution in [-0.2, 0) is 19.1 Å². The molecule has 0 saturated heterocycles. The molecule has 0 fully saturated rings. The number of fused-ring (bicyclic) bond motifs is 1. The summed E-state index contributed by atoms with van der Waals surface area (Å²) in [6.07, 6.45) is 8.20. The van der Waals surface area contributed by atoms with Gasteiger partial charge in [-0.2, -0.15) is 0 Å². The topological polar surface area (TPSA) is 71.1 Å². The van der Waals surface area contributed by atoms with Gasteiger partial charge in [0.2, 0.25) is 12.2 Å². The largest absolute Gasteiger partial charge is 0.470 e. The van der Waals surface area contributed by atoms with E-state index in [0.29, 0.717) is 24.7 Å². The first-order chi connectivity index (χ1) is 14.7. The molecule has 1 aliphatic rings. The fraction of sp³-hybridized carbons (Fsp3) is 0.667. The van der Waals surface area contributed by atoms with E-state index in [1.165, 1.54) is 12.8 Å². The molecule has 0 amide bonds. The molecule has 0 aliphatic carbocycles. The van der Waals surface area contributed by atoms with Gasteiger partial charge < -0.3 is 18.9 Å². The number of rotatable bonds is 14. The van der Waals surface area contributed by atoms with Crippen LogP contribution < -0.4 is 9.47 Å². The summed E-state index contributed by atoms with van der Waals surface area (Å²) in [7, 11) is 0. The number of ether oxygens (including phenoxy) is 4. The summed E-state index contributed by atoms with van der Waals surface area (Å²) in [6.45, 7) is 4.93. The van der Waals surface area contributed by atoms with Crippen LogP contribution in [0.1, 0.15) is 78.1 Å². The SMILES string of the molecule is CCCCCCCOC(=O)C1Oc2ccccc2OC1C(=O)OCCCCCCC. The van der Waals surface area contributed by atoms with Gasteiger partial charge in [0.15, 0.2) is 11.5 Å². The number of carbonyl (C=O) groups excluding carboxylic acids is 2. The fourth-order valence-corrected chi connectivity index (χ4v) is 3.31. The molecule has 6 heteroatoms. The summed E-state index contributed by atoms with van der Waals surface area (Å²) in [5.74, 6) is -0.341. The zero-order valence-electron chi connectivity index (χ0n) is 18.4. The first-order valence-corrected chi connectivity index (χ1v) is 11.4. The Labute approximate surface area is 180 Å². The Bertz CT molecular complexity index is 589. The highest BCUT2D eigenvalue weighted by Crippen LogP contribution is 2.34. The van der Waals surface area contributed by atoms with Crippen LogP contribution in [0.2, 0.25) is 0 Å². The van der Waals surface area contributed by atoms with E-state index < -0.39 is 24.1 Å². The molecule has 2 unspecified atom stereocenters. The van der Waals surface area contributed by atoms with Gasteiger partial charge in [-0.15, -0.1) is 0 Å². The van der Waals surface area contributed by atoms with Crippen molar-refractivity contribution in [3.8, 4) is 11.5 Å². The summed E-state index contributed by atoms with van der Waals surface area (Å²) >= 11 is 0. The average molecular weight is 421 g/mol. The predicted octanol–water partition coefficient (Wildman–Crippen LogP) is 5.22. The van der Waals surface area contributed by atoms with E-state index in [2.05, 4.69) is 13.8 Å². The molecule has 1 heterocycles. The van der Waals surface area contributed by atoms with E-state index in [0.717, 1.165) is 51.4 Å². The standard InChI is InChI=1S/C24H36O6/c1-3-5-7-9-13-17-27-23(25)21-22(24(26)28-18-14-10-8-6-4-2)30-20-16-12-11-15-19(20)29-21/h11-12,15-16,21-22H,3-10,13-14,17-18H2,1-2H3. The van der Waals surface area contributed by atoms with Gasteiger partial charge in [-0.1, -0.05) is 77.3 Å². The van der Waals surface area contributed by atoms with Crippen molar-refractivity contribution >= 4 is 11.9 Å². The molecular weight excluding hydrogens is 384 g/mol. The highest BCUT2D eigenvalue weighted by molar-refractivity contribution is 5.87. The second-order valence-corrected chi connectivity index (χ2v) is 7.69. The van der Waals surface area contributed by atoms with Gasteiger partial charge in [-0.3, -0.25) is 0 Å². The van der Waals surface area contributed by atoms with Crippen molar-refractivity contribution in [3.05, 3.63) is 24.3 Å². The number of hydrogen-bond donors (Lipinski definition) is 0. The van der Waals surface area contributed by atoms with Crippen molar-refractivity contribution in [1.29, 1.82) is 0 Å². The highest BCUT2D eigenvalue weighted by Gasteiger charge is 2.44. The summed E-state index contributed by atoms with van der Waals surface area (Å²) in [6, 6.07) is 6.98. The number of hydrogen-bond acceptors (Lipinski definition) is 6. The van der Waals surface area contributed by atoms with E-state index in [1.54, 1.807) is 24.3 Å². The fourth-order valence-electron chi connectivity index (χ4n) is 3.31. The van der Waals surface area contributed by atoms with Gasteiger partial charge in [-0.05, 0) is 25.0 Å². The maximum atomic E-state index is 12.6. The summed E-state index contributed by atoms with van der Waals surface area (Å²) in [5.41, 5.74) is 0. The summed E-state index contributed by atoms with van der Waals surface area (Å²) < 4.78 is 22.3. The molecule has 2 rings (SSSR count). The van der Waals surface area contributed by atoms with Gasteiger partial charge in [0.25, 0.3) is 0 Å². The summed E-state index contributed by atoms with van der Waals surface area (Å²) in [5, 5.41) is 0. The van der Waals surface area contributed by atoms with Crippen molar-refractivity contribution in [1.82, 2.24) is 0 Å². The van der Waals surface area contributed by atoms with Crippen molar-refractivity contribution in [2.24, 2.45) is 0 Å². The van der Waals surface area contributed by atoms with Gasteiger partial charge >= 0.3 is 11.9 Å². The third kappa shape index (κ3) is 7.88. The van der Waals surface area contributed by atoms with E-state index in [4.69, 9.17) is 18.9 Å². The Hall–Kier alpha value is -2.24. The van der Waals surface area contributed by atoms with Crippen LogP contribution >= 0.6 is 0 Å². The molecule has 0 bridgehead atoms. The molecule has 0 spiro atoms. The van der Waals surface area contributed by atoms with Crippen LogP contribution in [0.5, 0.6) is 11.5 Å². The third-order valence-electron chi connectivity index (χ3n) is 5.08. The molecule has 6 nitrogen and oxygen atoms in total. The van der Waals surface area contributed by atoms with Crippen molar-refractivity contribution < 1.29 is 28.5 Å². The third-order valence-corrected chi connectivity index (χ3v) is 5.08. The van der Waals surface area contributed by atoms with Crippen LogP contribution in [0.4, 0.5) is 0 Å². The van der Waals surface area contributed by atoms with Gasteiger partial charge in [0.05, 0.1) is 13.2 Å². The lowest BCUT2D eigenvalue weighted by molar-refractivity contribution is -0.171. The number of unbranched alkanes of at least 4 members (excludes halogenated alkanes) is 8. The first kappa shape index (κ1) is 24.0. The highest BCUT2D eigenvalue weighted by atomic mass is 16.6. The van der Waals surface area contributed by atoms with Crippen LogP contribution in [-0.4, -0.2) is 37.4 Å². The van der Waals surface area contributed by atoms with Gasteiger partial charge in [0, 0.05) is 0 Å². The second kappa shape index (κ2) is 13.9. The smallest absolute Gasteiger partial charge is 0.351 e. The van der Waals surface area contributed by atoms with E-state index in [1.807, 2.05) is 0 Å². The second-order valence-electron chi connectivity index (χ2n) is 7.69. The molecule has 0 aromatic heterocycles.